The molecule has 1 N–H and O–H groups in total. The van der Waals surface area contributed by atoms with Crippen molar-refractivity contribution in [2.45, 2.75) is 6.54 Å². The molecule has 9 heteroatoms. The van der Waals surface area contributed by atoms with Crippen molar-refractivity contribution in [3.63, 3.8) is 0 Å². The van der Waals surface area contributed by atoms with E-state index in [4.69, 9.17) is 11.6 Å². The van der Waals surface area contributed by atoms with Crippen LogP contribution in [0.15, 0.2) is 34.9 Å². The van der Waals surface area contributed by atoms with Gasteiger partial charge in [-0.1, -0.05) is 17.7 Å². The molecule has 1 heterocycles. The highest BCUT2D eigenvalue weighted by atomic mass is 79.9. The molecule has 1 amide bonds. The van der Waals surface area contributed by atoms with E-state index in [2.05, 4.69) is 26.3 Å². The van der Waals surface area contributed by atoms with Gasteiger partial charge in [0.05, 0.1) is 11.3 Å². The number of nitro groups is 1. The fourth-order valence-electron chi connectivity index (χ4n) is 1.51. The zero-order valence-electron chi connectivity index (χ0n) is 9.92. The molecular weight excluding hydrogens is 352 g/mol. The van der Waals surface area contributed by atoms with Gasteiger partial charge in [-0.15, -0.1) is 0 Å². The van der Waals surface area contributed by atoms with Crippen molar-refractivity contribution in [3.8, 4) is 0 Å². The van der Waals surface area contributed by atoms with Crippen molar-refractivity contribution < 1.29 is 9.72 Å². The van der Waals surface area contributed by atoms with E-state index >= 15 is 0 Å². The molecule has 2 aromatic rings. The predicted octanol–water partition coefficient (Wildman–Crippen LogP) is 2.85. The summed E-state index contributed by atoms with van der Waals surface area (Å²) in [4.78, 5) is 21.8. The second-order valence-electron chi connectivity index (χ2n) is 3.81. The number of anilines is 1. The standard InChI is InChI=1S/C11H8BrClN4O3/c12-9-5-16(15-11(9)17(19)20)6-10(18)14-8-3-1-2-7(13)4-8/h1-5H,6H2,(H,14,18). The van der Waals surface area contributed by atoms with E-state index in [-0.39, 0.29) is 22.7 Å². The summed E-state index contributed by atoms with van der Waals surface area (Å²) in [5.74, 6) is -0.697. The second kappa shape index (κ2) is 6.02. The summed E-state index contributed by atoms with van der Waals surface area (Å²) in [7, 11) is 0. The van der Waals surface area contributed by atoms with Crippen LogP contribution in [0.25, 0.3) is 0 Å². The van der Waals surface area contributed by atoms with Crippen molar-refractivity contribution in [1.82, 2.24) is 9.78 Å². The van der Waals surface area contributed by atoms with Crippen LogP contribution in [0.3, 0.4) is 0 Å². The number of halogens is 2. The van der Waals surface area contributed by atoms with Gasteiger partial charge in [-0.25, -0.2) is 0 Å². The van der Waals surface area contributed by atoms with E-state index < -0.39 is 4.92 Å². The fraction of sp³-hybridized carbons (Fsp3) is 0.0909. The average Bonchev–Trinajstić information content (AvgIpc) is 2.70. The summed E-state index contributed by atoms with van der Waals surface area (Å²) in [6.45, 7) is -0.140. The zero-order valence-corrected chi connectivity index (χ0v) is 12.3. The van der Waals surface area contributed by atoms with E-state index in [9.17, 15) is 14.9 Å². The lowest BCUT2D eigenvalue weighted by molar-refractivity contribution is -0.390. The largest absolute Gasteiger partial charge is 0.404 e. The van der Waals surface area contributed by atoms with E-state index in [1.54, 1.807) is 24.3 Å². The van der Waals surface area contributed by atoms with Crippen LogP contribution in [0.1, 0.15) is 0 Å². The number of carbonyl (C=O) groups excluding carboxylic acids is 1. The van der Waals surface area contributed by atoms with Crippen LogP contribution < -0.4 is 5.32 Å². The smallest absolute Gasteiger partial charge is 0.358 e. The molecule has 104 valence electrons. The number of amides is 1. The quantitative estimate of drug-likeness (QED) is 0.671. The molecule has 1 aromatic carbocycles. The molecule has 0 saturated heterocycles. The molecule has 0 saturated carbocycles. The van der Waals surface area contributed by atoms with Crippen LogP contribution in [0.2, 0.25) is 5.02 Å². The molecule has 7 nitrogen and oxygen atoms in total. The molecule has 0 unspecified atom stereocenters. The number of hydrogen-bond acceptors (Lipinski definition) is 4. The first-order valence-electron chi connectivity index (χ1n) is 5.38. The molecule has 0 atom stereocenters. The van der Waals surface area contributed by atoms with E-state index in [0.29, 0.717) is 10.7 Å². The van der Waals surface area contributed by atoms with Gasteiger partial charge >= 0.3 is 5.82 Å². The normalized spacial score (nSPS) is 10.3. The highest BCUT2D eigenvalue weighted by molar-refractivity contribution is 9.10. The third kappa shape index (κ3) is 3.55. The molecule has 0 spiro atoms. The first-order chi connectivity index (χ1) is 9.45. The van der Waals surface area contributed by atoms with Crippen LogP contribution in [-0.2, 0) is 11.3 Å². The highest BCUT2D eigenvalue weighted by Gasteiger charge is 2.19. The lowest BCUT2D eigenvalue weighted by atomic mass is 10.3. The Balaban J connectivity index is 2.05. The van der Waals surface area contributed by atoms with Gasteiger partial charge in [0.25, 0.3) is 0 Å². The van der Waals surface area contributed by atoms with Crippen LogP contribution >= 0.6 is 27.5 Å². The van der Waals surface area contributed by atoms with Crippen LogP contribution in [0, 0.1) is 10.1 Å². The molecule has 1 aromatic heterocycles. The summed E-state index contributed by atoms with van der Waals surface area (Å²) in [6, 6.07) is 6.67. The number of aromatic nitrogens is 2. The third-order valence-corrected chi connectivity index (χ3v) is 3.08. The van der Waals surface area contributed by atoms with Crippen molar-refractivity contribution >= 4 is 44.9 Å². The Hall–Kier alpha value is -1.93. The number of hydrogen-bond donors (Lipinski definition) is 1. The molecule has 0 fully saturated rings. The minimum Gasteiger partial charge on any atom is -0.358 e. The van der Waals surface area contributed by atoms with Crippen LogP contribution in [-0.4, -0.2) is 20.6 Å². The van der Waals surface area contributed by atoms with Gasteiger partial charge < -0.3 is 15.4 Å². The van der Waals surface area contributed by atoms with Gasteiger partial charge in [0, 0.05) is 10.7 Å². The highest BCUT2D eigenvalue weighted by Crippen LogP contribution is 2.22. The molecule has 0 aliphatic heterocycles. The molecule has 2 rings (SSSR count). The Morgan fingerprint density at radius 1 is 1.55 bits per heavy atom. The number of nitrogens with zero attached hydrogens (tertiary/aromatic N) is 3. The average molecular weight is 360 g/mol. The Morgan fingerprint density at radius 2 is 2.30 bits per heavy atom. The fourth-order valence-corrected chi connectivity index (χ4v) is 2.16. The molecule has 0 bridgehead atoms. The van der Waals surface area contributed by atoms with Gasteiger partial charge in [0.1, 0.15) is 11.0 Å². The Morgan fingerprint density at radius 3 is 2.90 bits per heavy atom. The number of benzene rings is 1. The third-order valence-electron chi connectivity index (χ3n) is 2.29. The van der Waals surface area contributed by atoms with Gasteiger partial charge in [0.2, 0.25) is 5.91 Å². The summed E-state index contributed by atoms with van der Waals surface area (Å²) in [5.41, 5.74) is 0.545. The van der Waals surface area contributed by atoms with Gasteiger partial charge in [-0.05, 0) is 39.1 Å². The maximum atomic E-state index is 11.8. The molecule has 0 aliphatic carbocycles. The second-order valence-corrected chi connectivity index (χ2v) is 5.10. The summed E-state index contributed by atoms with van der Waals surface area (Å²) in [5, 5.41) is 17.4. The van der Waals surface area contributed by atoms with E-state index in [1.807, 2.05) is 0 Å². The number of rotatable bonds is 4. The summed E-state index contributed by atoms with van der Waals surface area (Å²) < 4.78 is 1.40. The monoisotopic (exact) mass is 358 g/mol. The first-order valence-corrected chi connectivity index (χ1v) is 6.55. The summed E-state index contributed by atoms with van der Waals surface area (Å²) in [6.07, 6.45) is 1.37. The van der Waals surface area contributed by atoms with Crippen LogP contribution in [0.5, 0.6) is 0 Å². The van der Waals surface area contributed by atoms with E-state index in [1.165, 1.54) is 10.9 Å². The lowest BCUT2D eigenvalue weighted by Crippen LogP contribution is -2.19. The molecule has 0 radical (unpaired) electrons. The molecule has 0 aliphatic rings. The maximum absolute atomic E-state index is 11.8. The lowest BCUT2D eigenvalue weighted by Gasteiger charge is -2.03. The SMILES string of the molecule is O=C(Cn1cc(Br)c([N+](=O)[O-])n1)Nc1cccc(Cl)c1. The topological polar surface area (TPSA) is 90.1 Å². The minimum atomic E-state index is -0.630. The predicted molar refractivity (Wildman–Crippen MR) is 76.7 cm³/mol. The minimum absolute atomic E-state index is 0.140. The maximum Gasteiger partial charge on any atom is 0.404 e. The Labute approximate surface area is 126 Å². The van der Waals surface area contributed by atoms with Crippen molar-refractivity contribution in [3.05, 3.63) is 50.1 Å². The molecular formula is C11H8BrClN4O3. The van der Waals surface area contributed by atoms with Crippen LogP contribution in [0.4, 0.5) is 11.5 Å². The van der Waals surface area contributed by atoms with Gasteiger partial charge in [-0.2, -0.15) is 4.68 Å². The van der Waals surface area contributed by atoms with Gasteiger partial charge in [0.15, 0.2) is 0 Å². The van der Waals surface area contributed by atoms with Crippen molar-refractivity contribution in [2.24, 2.45) is 0 Å². The molecule has 20 heavy (non-hydrogen) atoms. The van der Waals surface area contributed by atoms with E-state index in [0.717, 1.165) is 0 Å². The first kappa shape index (κ1) is 14.5. The Kier molecular flexibility index (Phi) is 4.35. The van der Waals surface area contributed by atoms with Crippen molar-refractivity contribution in [2.75, 3.05) is 5.32 Å². The number of nitrogens with one attached hydrogen (secondary N) is 1. The Bertz CT molecular complexity index is 673. The summed E-state index contributed by atoms with van der Waals surface area (Å²) >= 11 is 8.81. The van der Waals surface area contributed by atoms with Crippen molar-refractivity contribution in [1.29, 1.82) is 0 Å². The number of carbonyl (C=O) groups is 1. The zero-order chi connectivity index (χ0) is 14.7. The van der Waals surface area contributed by atoms with Gasteiger partial charge in [-0.3, -0.25) is 4.79 Å².